The Morgan fingerprint density at radius 1 is 0.964 bits per heavy atom. The number of unbranched alkanes of at least 4 members (excludes halogenated alkanes) is 6. The lowest BCUT2D eigenvalue weighted by Crippen LogP contribution is -2.47. The molecule has 0 unspecified atom stereocenters. The highest BCUT2D eigenvalue weighted by Crippen LogP contribution is 2.10. The van der Waals surface area contributed by atoms with Crippen LogP contribution in [0.3, 0.4) is 0 Å². The highest BCUT2D eigenvalue weighted by atomic mass is 16.4. The first-order valence-electron chi connectivity index (χ1n) is 10.4. The summed E-state index contributed by atoms with van der Waals surface area (Å²) >= 11 is 0. The minimum atomic E-state index is -0.907. The van der Waals surface area contributed by atoms with Crippen LogP contribution in [0.25, 0.3) is 0 Å². The first-order valence-corrected chi connectivity index (χ1v) is 10.4. The molecule has 0 saturated heterocycles. The lowest BCUT2D eigenvalue weighted by molar-refractivity contribution is -0.137. The summed E-state index contributed by atoms with van der Waals surface area (Å²) in [6.45, 7) is 1.13. The second-order valence-corrected chi connectivity index (χ2v) is 7.67. The SMILES string of the molecule is CN(C)C[C@@H](CC(=O)O)NC(=O)NCCCCCCCCCc1ccccc1. The van der Waals surface area contributed by atoms with Gasteiger partial charge in [0.2, 0.25) is 0 Å². The molecule has 0 aliphatic rings. The highest BCUT2D eigenvalue weighted by Gasteiger charge is 2.16. The fourth-order valence-electron chi connectivity index (χ4n) is 3.23. The van der Waals surface area contributed by atoms with Crippen LogP contribution in [-0.4, -0.2) is 55.2 Å². The predicted octanol–water partition coefficient (Wildman–Crippen LogP) is 3.66. The molecular formula is C22H37N3O3. The third-order valence-electron chi connectivity index (χ3n) is 4.61. The van der Waals surface area contributed by atoms with Crippen LogP contribution in [-0.2, 0) is 11.2 Å². The number of nitrogens with zero attached hydrogens (tertiary/aromatic N) is 1. The number of likely N-dealkylation sites (N-methyl/N-ethyl adjacent to an activating group) is 1. The topological polar surface area (TPSA) is 81.7 Å². The number of hydrogen-bond donors (Lipinski definition) is 3. The van der Waals surface area contributed by atoms with Crippen LogP contribution in [0.4, 0.5) is 4.79 Å². The van der Waals surface area contributed by atoms with Crippen molar-refractivity contribution in [1.82, 2.24) is 15.5 Å². The van der Waals surface area contributed by atoms with Gasteiger partial charge in [-0.1, -0.05) is 62.4 Å². The number of nitrogens with one attached hydrogen (secondary N) is 2. The number of carbonyl (C=O) groups is 2. The monoisotopic (exact) mass is 391 g/mol. The molecule has 0 bridgehead atoms. The van der Waals surface area contributed by atoms with Crippen LogP contribution in [0.5, 0.6) is 0 Å². The van der Waals surface area contributed by atoms with E-state index in [-0.39, 0.29) is 18.5 Å². The third-order valence-corrected chi connectivity index (χ3v) is 4.61. The molecule has 0 aliphatic carbocycles. The van der Waals surface area contributed by atoms with Crippen LogP contribution in [0.1, 0.15) is 56.9 Å². The molecule has 6 heteroatoms. The number of carboxylic acid groups (broad SMARTS) is 1. The van der Waals surface area contributed by atoms with Gasteiger partial charge in [0, 0.05) is 13.1 Å². The van der Waals surface area contributed by atoms with E-state index in [0.29, 0.717) is 13.1 Å². The average molecular weight is 392 g/mol. The van der Waals surface area contributed by atoms with E-state index in [9.17, 15) is 9.59 Å². The van der Waals surface area contributed by atoms with E-state index in [2.05, 4.69) is 41.0 Å². The first kappa shape index (κ1) is 24.0. The lowest BCUT2D eigenvalue weighted by Gasteiger charge is -2.21. The van der Waals surface area contributed by atoms with Crippen molar-refractivity contribution in [2.75, 3.05) is 27.2 Å². The van der Waals surface area contributed by atoms with Gasteiger partial charge in [-0.3, -0.25) is 4.79 Å². The lowest BCUT2D eigenvalue weighted by atomic mass is 10.0. The van der Waals surface area contributed by atoms with Gasteiger partial charge in [-0.2, -0.15) is 0 Å². The molecule has 0 fully saturated rings. The zero-order valence-electron chi connectivity index (χ0n) is 17.5. The number of rotatable bonds is 15. The maximum absolute atomic E-state index is 11.9. The molecular weight excluding hydrogens is 354 g/mol. The summed E-state index contributed by atoms with van der Waals surface area (Å²) in [5.41, 5.74) is 1.42. The van der Waals surface area contributed by atoms with Crippen molar-refractivity contribution in [3.63, 3.8) is 0 Å². The summed E-state index contributed by atoms with van der Waals surface area (Å²) in [6, 6.07) is 9.95. The van der Waals surface area contributed by atoms with Gasteiger partial charge in [0.05, 0.1) is 12.5 Å². The molecule has 28 heavy (non-hydrogen) atoms. The van der Waals surface area contributed by atoms with Crippen molar-refractivity contribution in [2.45, 2.75) is 63.8 Å². The molecule has 0 aliphatic heterocycles. The smallest absolute Gasteiger partial charge is 0.315 e. The summed E-state index contributed by atoms with van der Waals surface area (Å²) in [5, 5.41) is 14.5. The number of carboxylic acids is 1. The number of amides is 2. The molecule has 0 aromatic heterocycles. The van der Waals surface area contributed by atoms with Gasteiger partial charge >= 0.3 is 12.0 Å². The quantitative estimate of drug-likeness (QED) is 0.399. The van der Waals surface area contributed by atoms with E-state index < -0.39 is 5.97 Å². The van der Waals surface area contributed by atoms with Crippen LogP contribution in [0.15, 0.2) is 30.3 Å². The van der Waals surface area contributed by atoms with E-state index in [1.807, 2.05) is 19.0 Å². The molecule has 3 N–H and O–H groups in total. The predicted molar refractivity (Wildman–Crippen MR) is 114 cm³/mol. The molecule has 2 amide bonds. The van der Waals surface area contributed by atoms with Crippen LogP contribution < -0.4 is 10.6 Å². The van der Waals surface area contributed by atoms with Gasteiger partial charge in [-0.15, -0.1) is 0 Å². The molecule has 6 nitrogen and oxygen atoms in total. The third kappa shape index (κ3) is 13.1. The first-order chi connectivity index (χ1) is 13.5. The summed E-state index contributed by atoms with van der Waals surface area (Å²) in [7, 11) is 3.71. The molecule has 0 heterocycles. The Balaban J connectivity index is 1.98. The van der Waals surface area contributed by atoms with Gasteiger partial charge in [0.25, 0.3) is 0 Å². The van der Waals surface area contributed by atoms with Crippen LogP contribution >= 0.6 is 0 Å². The van der Waals surface area contributed by atoms with E-state index >= 15 is 0 Å². The van der Waals surface area contributed by atoms with Crippen molar-refractivity contribution in [3.05, 3.63) is 35.9 Å². The molecule has 1 atom stereocenters. The van der Waals surface area contributed by atoms with Crippen LogP contribution in [0.2, 0.25) is 0 Å². The summed E-state index contributed by atoms with van der Waals surface area (Å²) < 4.78 is 0. The van der Waals surface area contributed by atoms with E-state index in [1.165, 1.54) is 37.7 Å². The van der Waals surface area contributed by atoms with Gasteiger partial charge in [-0.25, -0.2) is 4.79 Å². The minimum Gasteiger partial charge on any atom is -0.481 e. The molecule has 1 aromatic rings. The number of urea groups is 1. The van der Waals surface area contributed by atoms with Crippen molar-refractivity contribution in [2.24, 2.45) is 0 Å². The van der Waals surface area contributed by atoms with Gasteiger partial charge in [-0.05, 0) is 38.9 Å². The zero-order chi connectivity index (χ0) is 20.6. The molecule has 158 valence electrons. The van der Waals surface area contributed by atoms with Crippen molar-refractivity contribution in [3.8, 4) is 0 Å². The Labute approximate surface area is 169 Å². The van der Waals surface area contributed by atoms with Crippen molar-refractivity contribution in [1.29, 1.82) is 0 Å². The molecule has 0 spiro atoms. The summed E-state index contributed by atoms with van der Waals surface area (Å²) in [4.78, 5) is 24.7. The maximum atomic E-state index is 11.9. The van der Waals surface area contributed by atoms with E-state index in [0.717, 1.165) is 19.3 Å². The Morgan fingerprint density at radius 2 is 1.57 bits per heavy atom. The maximum Gasteiger partial charge on any atom is 0.315 e. The molecule has 1 rings (SSSR count). The van der Waals surface area contributed by atoms with E-state index in [1.54, 1.807) is 0 Å². The number of carbonyl (C=O) groups excluding carboxylic acids is 1. The van der Waals surface area contributed by atoms with Gasteiger partial charge in [0.15, 0.2) is 0 Å². The number of aliphatic carboxylic acids is 1. The zero-order valence-corrected chi connectivity index (χ0v) is 17.5. The normalized spacial score (nSPS) is 12.0. The largest absolute Gasteiger partial charge is 0.481 e. The molecule has 0 radical (unpaired) electrons. The average Bonchev–Trinajstić information content (AvgIpc) is 2.63. The summed E-state index contributed by atoms with van der Waals surface area (Å²) in [5.74, 6) is -0.907. The number of aryl methyl sites for hydroxylation is 1. The molecule has 0 saturated carbocycles. The molecule has 1 aromatic carbocycles. The second kappa shape index (κ2) is 14.9. The Hall–Kier alpha value is -2.08. The minimum absolute atomic E-state index is 0.0735. The Kier molecular flexibility index (Phi) is 12.8. The number of hydrogen-bond acceptors (Lipinski definition) is 3. The standard InChI is InChI=1S/C22H37N3O3/c1-25(2)18-20(17-21(26)27)24-22(28)23-16-12-7-5-3-4-6-9-13-19-14-10-8-11-15-19/h8,10-11,14-15,20H,3-7,9,12-13,16-18H2,1-2H3,(H,26,27)(H2,23,24,28)/t20-/m1/s1. The Morgan fingerprint density at radius 3 is 2.18 bits per heavy atom. The van der Waals surface area contributed by atoms with Crippen LogP contribution in [0, 0.1) is 0 Å². The van der Waals surface area contributed by atoms with Gasteiger partial charge in [0.1, 0.15) is 0 Å². The number of benzene rings is 1. The van der Waals surface area contributed by atoms with Crippen molar-refractivity contribution < 1.29 is 14.7 Å². The fourth-order valence-corrected chi connectivity index (χ4v) is 3.23. The van der Waals surface area contributed by atoms with Gasteiger partial charge < -0.3 is 20.6 Å². The van der Waals surface area contributed by atoms with Crippen molar-refractivity contribution >= 4 is 12.0 Å². The second-order valence-electron chi connectivity index (χ2n) is 7.67. The fraction of sp³-hybridized carbons (Fsp3) is 0.636. The highest BCUT2D eigenvalue weighted by molar-refractivity contribution is 5.75. The summed E-state index contributed by atoms with van der Waals surface area (Å²) in [6.07, 6.45) is 9.36. The Bertz CT molecular complexity index is 549. The van der Waals surface area contributed by atoms with E-state index in [4.69, 9.17) is 5.11 Å².